The van der Waals surface area contributed by atoms with Crippen molar-refractivity contribution in [1.82, 2.24) is 0 Å². The monoisotopic (exact) mass is 554 g/mol. The first-order valence-electron chi connectivity index (χ1n) is 15.2. The standard InChI is InChI=1S/C40H32N3/c1-24-21-25(2)36-33-18-10-12-20-42(33)39-31-16-8-7-15-30(31)38-27(4)22-26(3)37-29-14-6-5-13-28(29)23-34(39)41-19-11-9-17-32(41)35(24)40(36)43(37)38/h5-22H,23H2,1-4H3/q+3/b35-32?,38-30?,39-31?,39-34-,41-34?,43-40?. The van der Waals surface area contributed by atoms with Gasteiger partial charge in [-0.3, -0.25) is 0 Å². The summed E-state index contributed by atoms with van der Waals surface area (Å²) in [6, 6.07) is 36.2. The van der Waals surface area contributed by atoms with Gasteiger partial charge in [-0.05, 0) is 80.8 Å². The highest BCUT2D eigenvalue weighted by Crippen LogP contribution is 2.45. The van der Waals surface area contributed by atoms with E-state index in [4.69, 9.17) is 0 Å². The van der Waals surface area contributed by atoms with E-state index in [9.17, 15) is 0 Å². The molecule has 4 aliphatic rings. The van der Waals surface area contributed by atoms with E-state index in [-0.39, 0.29) is 0 Å². The summed E-state index contributed by atoms with van der Waals surface area (Å²) < 4.78 is 7.58. The number of benzene rings is 3. The zero-order valence-electron chi connectivity index (χ0n) is 24.9. The molecular formula is C40H32N3+3. The molecule has 8 bridgehead atoms. The van der Waals surface area contributed by atoms with E-state index in [2.05, 4.69) is 151 Å². The van der Waals surface area contributed by atoms with Gasteiger partial charge in [0.1, 0.15) is 11.1 Å². The van der Waals surface area contributed by atoms with E-state index < -0.39 is 0 Å². The molecule has 6 aromatic rings. The van der Waals surface area contributed by atoms with Crippen LogP contribution in [0.4, 0.5) is 0 Å². The van der Waals surface area contributed by atoms with Gasteiger partial charge in [-0.15, -0.1) is 0 Å². The van der Waals surface area contributed by atoms with Crippen molar-refractivity contribution in [2.75, 3.05) is 0 Å². The van der Waals surface area contributed by atoms with Gasteiger partial charge in [0.25, 0.3) is 11.4 Å². The Balaban J connectivity index is 1.74. The van der Waals surface area contributed by atoms with Gasteiger partial charge < -0.3 is 0 Å². The third kappa shape index (κ3) is 3.17. The van der Waals surface area contributed by atoms with E-state index in [1.807, 2.05) is 0 Å². The summed E-state index contributed by atoms with van der Waals surface area (Å²) in [5.74, 6) is 0. The van der Waals surface area contributed by atoms with E-state index in [1.165, 1.54) is 95.5 Å². The molecule has 0 fully saturated rings. The van der Waals surface area contributed by atoms with Crippen LogP contribution < -0.4 is 13.7 Å². The second kappa shape index (κ2) is 8.68. The Morgan fingerprint density at radius 1 is 0.512 bits per heavy atom. The Hall–Kier alpha value is -5.15. The van der Waals surface area contributed by atoms with E-state index >= 15 is 0 Å². The lowest BCUT2D eigenvalue weighted by atomic mass is 9.87. The van der Waals surface area contributed by atoms with Crippen LogP contribution in [0.2, 0.25) is 0 Å². The van der Waals surface area contributed by atoms with Gasteiger partial charge in [0.15, 0.2) is 12.4 Å². The molecule has 0 N–H and O–H groups in total. The van der Waals surface area contributed by atoms with Crippen LogP contribution in [0, 0.1) is 27.7 Å². The van der Waals surface area contributed by atoms with Gasteiger partial charge in [-0.1, -0.05) is 36.4 Å². The van der Waals surface area contributed by atoms with Crippen LogP contribution in [-0.2, 0) is 6.42 Å². The van der Waals surface area contributed by atoms with Crippen LogP contribution in [0.5, 0.6) is 0 Å². The predicted octanol–water partition coefficient (Wildman–Crippen LogP) is 7.50. The zero-order valence-corrected chi connectivity index (χ0v) is 24.9. The highest BCUT2D eigenvalue weighted by Gasteiger charge is 2.46. The van der Waals surface area contributed by atoms with Crippen molar-refractivity contribution >= 4 is 11.4 Å². The van der Waals surface area contributed by atoms with E-state index in [1.54, 1.807) is 0 Å². The number of allylic oxidation sites excluding steroid dienone is 1. The predicted molar refractivity (Wildman–Crippen MR) is 171 cm³/mol. The van der Waals surface area contributed by atoms with Crippen molar-refractivity contribution in [3.05, 3.63) is 143 Å². The molecule has 10 rings (SSSR count). The maximum Gasteiger partial charge on any atom is 0.287 e. The van der Waals surface area contributed by atoms with Crippen molar-refractivity contribution in [1.29, 1.82) is 0 Å². The van der Waals surface area contributed by atoms with Crippen molar-refractivity contribution in [2.24, 2.45) is 0 Å². The molecule has 3 aromatic heterocycles. The van der Waals surface area contributed by atoms with Crippen LogP contribution >= 0.6 is 0 Å². The fourth-order valence-corrected chi connectivity index (χ4v) is 8.07. The van der Waals surface area contributed by atoms with Crippen LogP contribution in [0.15, 0.2) is 109 Å². The number of rotatable bonds is 0. The minimum atomic E-state index is 0.787. The van der Waals surface area contributed by atoms with Gasteiger partial charge >= 0.3 is 0 Å². The van der Waals surface area contributed by atoms with Crippen LogP contribution in [0.3, 0.4) is 0 Å². The highest BCUT2D eigenvalue weighted by atomic mass is 15.1. The molecule has 7 heterocycles. The first-order valence-corrected chi connectivity index (χ1v) is 15.2. The lowest BCUT2D eigenvalue weighted by molar-refractivity contribution is -0.598. The molecule has 0 radical (unpaired) electrons. The average Bonchev–Trinajstić information content (AvgIpc) is 3.06. The van der Waals surface area contributed by atoms with Gasteiger partial charge in [0, 0.05) is 35.4 Å². The molecule has 0 aliphatic carbocycles. The van der Waals surface area contributed by atoms with E-state index in [0.717, 1.165) is 6.42 Å². The van der Waals surface area contributed by atoms with Gasteiger partial charge in [-0.2, -0.15) is 13.7 Å². The minimum absolute atomic E-state index is 0.787. The molecule has 0 saturated carbocycles. The number of pyridine rings is 3. The third-order valence-electron chi connectivity index (χ3n) is 9.65. The fraction of sp³-hybridized carbons (Fsp3) is 0.125. The van der Waals surface area contributed by atoms with Crippen molar-refractivity contribution in [2.45, 2.75) is 34.1 Å². The molecule has 204 valence electrons. The minimum Gasteiger partial charge on any atom is -0.157 e. The molecule has 0 atom stereocenters. The molecular weight excluding hydrogens is 522 g/mol. The van der Waals surface area contributed by atoms with Crippen molar-refractivity contribution in [3.8, 4) is 50.7 Å². The Kier molecular flexibility index (Phi) is 4.94. The number of hydrogen-bond donors (Lipinski definition) is 0. The molecule has 4 aliphatic heterocycles. The second-order valence-corrected chi connectivity index (χ2v) is 12.2. The third-order valence-corrected chi connectivity index (χ3v) is 9.65. The summed E-state index contributed by atoms with van der Waals surface area (Å²) in [5.41, 5.74) is 21.5. The molecule has 43 heavy (non-hydrogen) atoms. The molecule has 0 saturated heterocycles. The summed E-state index contributed by atoms with van der Waals surface area (Å²) in [7, 11) is 0. The largest absolute Gasteiger partial charge is 0.287 e. The van der Waals surface area contributed by atoms with E-state index in [0.29, 0.717) is 0 Å². The molecule has 0 spiro atoms. The van der Waals surface area contributed by atoms with Crippen LogP contribution in [0.25, 0.3) is 62.1 Å². The fourth-order valence-electron chi connectivity index (χ4n) is 8.07. The molecule has 3 aromatic carbocycles. The Morgan fingerprint density at radius 2 is 1.05 bits per heavy atom. The van der Waals surface area contributed by atoms with Gasteiger partial charge in [0.2, 0.25) is 28.5 Å². The summed E-state index contributed by atoms with van der Waals surface area (Å²) in [6.45, 7) is 9.15. The molecule has 0 amide bonds. The lowest BCUT2D eigenvalue weighted by Crippen LogP contribution is -2.45. The Labute approximate surface area is 252 Å². The molecule has 3 heteroatoms. The highest BCUT2D eigenvalue weighted by molar-refractivity contribution is 5.92. The quantitative estimate of drug-likeness (QED) is 0.172. The van der Waals surface area contributed by atoms with Gasteiger partial charge in [0.05, 0.1) is 23.1 Å². The summed E-state index contributed by atoms with van der Waals surface area (Å²) in [6.07, 6.45) is 5.32. The van der Waals surface area contributed by atoms with Crippen LogP contribution in [-0.4, -0.2) is 0 Å². The maximum absolute atomic E-state index is 2.64. The van der Waals surface area contributed by atoms with Gasteiger partial charge in [-0.25, -0.2) is 0 Å². The van der Waals surface area contributed by atoms with Crippen LogP contribution in [0.1, 0.15) is 33.4 Å². The summed E-state index contributed by atoms with van der Waals surface area (Å²) in [5, 5.41) is 0. The first kappa shape index (κ1) is 24.4. The lowest BCUT2D eigenvalue weighted by Gasteiger charge is -2.22. The smallest absolute Gasteiger partial charge is 0.157 e. The van der Waals surface area contributed by atoms with Crippen molar-refractivity contribution in [3.63, 3.8) is 0 Å². The SMILES string of the molecule is Cc1cc(C)c2c3c1-c1cccc[n+]1/C1=C(/c4ccccc4-c4c(C)cc(C)c([n+]4-3)-c3ccccc3C1)[n+]1ccccc1-2. The van der Waals surface area contributed by atoms with Crippen molar-refractivity contribution < 1.29 is 13.7 Å². The second-order valence-electron chi connectivity index (χ2n) is 12.2. The Bertz CT molecular complexity index is 2250. The topological polar surface area (TPSA) is 11.6 Å². The number of aryl methyl sites for hydroxylation is 4. The Morgan fingerprint density at radius 3 is 1.77 bits per heavy atom. The average molecular weight is 555 g/mol. The summed E-state index contributed by atoms with van der Waals surface area (Å²) >= 11 is 0. The summed E-state index contributed by atoms with van der Waals surface area (Å²) in [4.78, 5) is 0. The number of aromatic nitrogens is 3. The molecule has 3 nitrogen and oxygen atoms in total. The normalized spacial score (nSPS) is 15.1. The zero-order chi connectivity index (χ0) is 29.0. The number of hydrogen-bond acceptors (Lipinski definition) is 0. The maximum atomic E-state index is 2.64. The number of nitrogens with zero attached hydrogens (tertiary/aromatic N) is 3. The first-order chi connectivity index (χ1) is 21.0. The molecule has 0 unspecified atom stereocenters.